The van der Waals surface area contributed by atoms with Crippen molar-refractivity contribution in [2.24, 2.45) is 0 Å². The summed E-state index contributed by atoms with van der Waals surface area (Å²) < 4.78 is 27.2. The van der Waals surface area contributed by atoms with Gasteiger partial charge in [-0.3, -0.25) is 9.59 Å². The molecule has 0 heterocycles. The van der Waals surface area contributed by atoms with Crippen LogP contribution in [0.3, 0.4) is 0 Å². The van der Waals surface area contributed by atoms with Crippen LogP contribution < -0.4 is 5.32 Å². The second kappa shape index (κ2) is 12.8. The predicted molar refractivity (Wildman–Crippen MR) is 146 cm³/mol. The molecule has 1 N–H and O–H groups in total. The van der Waals surface area contributed by atoms with Crippen LogP contribution in [0.2, 0.25) is 15.1 Å². The molecule has 0 spiro atoms. The Labute approximate surface area is 232 Å². The Morgan fingerprint density at radius 3 is 2.05 bits per heavy atom. The Kier molecular flexibility index (Phi) is 9.98. The number of hydrogen-bond donors (Lipinski definition) is 1. The van der Waals surface area contributed by atoms with E-state index in [1.54, 1.807) is 18.2 Å². The van der Waals surface area contributed by atoms with E-state index in [9.17, 15) is 18.0 Å². The van der Waals surface area contributed by atoms with Gasteiger partial charge in [-0.05, 0) is 42.0 Å². The third-order valence-electron chi connectivity index (χ3n) is 5.79. The first-order valence-electron chi connectivity index (χ1n) is 11.2. The molecular formula is C26H26Cl3N3O4S. The molecular weight excluding hydrogens is 557 g/mol. The highest BCUT2D eigenvalue weighted by molar-refractivity contribution is 7.89. The van der Waals surface area contributed by atoms with Crippen LogP contribution in [0.5, 0.6) is 0 Å². The van der Waals surface area contributed by atoms with Crippen molar-refractivity contribution >= 4 is 56.6 Å². The van der Waals surface area contributed by atoms with Crippen LogP contribution in [0.1, 0.15) is 11.1 Å². The number of nitrogens with zero attached hydrogens (tertiary/aromatic N) is 2. The van der Waals surface area contributed by atoms with Crippen molar-refractivity contribution in [2.45, 2.75) is 23.9 Å². The largest absolute Gasteiger partial charge is 0.357 e. The van der Waals surface area contributed by atoms with Gasteiger partial charge in [0.2, 0.25) is 21.8 Å². The molecule has 0 aliphatic heterocycles. The molecule has 0 bridgehead atoms. The summed E-state index contributed by atoms with van der Waals surface area (Å²) in [4.78, 5) is 28.0. The average molecular weight is 583 g/mol. The Morgan fingerprint density at radius 1 is 0.892 bits per heavy atom. The molecule has 0 aliphatic rings. The van der Waals surface area contributed by atoms with Crippen molar-refractivity contribution in [3.05, 3.63) is 99.0 Å². The molecule has 0 saturated carbocycles. The van der Waals surface area contributed by atoms with E-state index in [1.165, 1.54) is 43.3 Å². The molecule has 3 rings (SSSR count). The highest BCUT2D eigenvalue weighted by Gasteiger charge is 2.33. The number of amides is 2. The molecule has 1 unspecified atom stereocenters. The van der Waals surface area contributed by atoms with Crippen LogP contribution in [0, 0.1) is 0 Å². The summed E-state index contributed by atoms with van der Waals surface area (Å²) in [7, 11) is -1.23. The Balaban J connectivity index is 1.98. The molecule has 3 aromatic rings. The molecule has 196 valence electrons. The number of carbonyl (C=O) groups is 2. The zero-order valence-electron chi connectivity index (χ0n) is 20.2. The highest BCUT2D eigenvalue weighted by Crippen LogP contribution is 2.27. The third-order valence-corrected chi connectivity index (χ3v) is 8.57. The van der Waals surface area contributed by atoms with Crippen LogP contribution >= 0.6 is 34.8 Å². The van der Waals surface area contributed by atoms with Crippen LogP contribution in [-0.2, 0) is 32.6 Å². The molecule has 0 aliphatic carbocycles. The zero-order chi connectivity index (χ0) is 27.2. The molecule has 7 nitrogen and oxygen atoms in total. The first-order chi connectivity index (χ1) is 17.5. The van der Waals surface area contributed by atoms with Gasteiger partial charge in [0, 0.05) is 47.7 Å². The molecule has 0 fully saturated rings. The van der Waals surface area contributed by atoms with Gasteiger partial charge in [-0.2, -0.15) is 4.31 Å². The van der Waals surface area contributed by atoms with Gasteiger partial charge in [0.1, 0.15) is 6.04 Å². The van der Waals surface area contributed by atoms with E-state index in [4.69, 9.17) is 34.8 Å². The number of nitrogens with one attached hydrogen (secondary N) is 1. The van der Waals surface area contributed by atoms with E-state index in [1.807, 2.05) is 30.3 Å². The SMILES string of the molecule is CNC(=O)C(Cc1ccccc1)N(Cc1c(Cl)cccc1Cl)C(=O)CN(C)S(=O)(=O)c1ccc(Cl)cc1. The summed E-state index contributed by atoms with van der Waals surface area (Å²) in [6.07, 6.45) is 0.196. The lowest BCUT2D eigenvalue weighted by Gasteiger charge is -2.32. The molecule has 11 heteroatoms. The fourth-order valence-corrected chi connectivity index (χ4v) is 5.49. The zero-order valence-corrected chi connectivity index (χ0v) is 23.3. The molecule has 2 amide bonds. The monoisotopic (exact) mass is 581 g/mol. The van der Waals surface area contributed by atoms with Crippen LogP contribution in [-0.4, -0.2) is 56.1 Å². The number of halogens is 3. The number of hydrogen-bond acceptors (Lipinski definition) is 4. The van der Waals surface area contributed by atoms with Gasteiger partial charge in [-0.1, -0.05) is 71.2 Å². The lowest BCUT2D eigenvalue weighted by Crippen LogP contribution is -2.52. The summed E-state index contributed by atoms with van der Waals surface area (Å²) in [5, 5.41) is 3.64. The van der Waals surface area contributed by atoms with Gasteiger partial charge >= 0.3 is 0 Å². The normalized spacial score (nSPS) is 12.3. The first-order valence-corrected chi connectivity index (χ1v) is 13.8. The van der Waals surface area contributed by atoms with Crippen molar-refractivity contribution in [1.82, 2.24) is 14.5 Å². The van der Waals surface area contributed by atoms with E-state index >= 15 is 0 Å². The minimum Gasteiger partial charge on any atom is -0.357 e. The quantitative estimate of drug-likeness (QED) is 0.377. The summed E-state index contributed by atoms with van der Waals surface area (Å²) in [6, 6.07) is 18.8. The highest BCUT2D eigenvalue weighted by atomic mass is 35.5. The summed E-state index contributed by atoms with van der Waals surface area (Å²) >= 11 is 18.7. The van der Waals surface area contributed by atoms with Gasteiger partial charge in [0.15, 0.2) is 0 Å². The van der Waals surface area contributed by atoms with Gasteiger partial charge in [-0.15, -0.1) is 0 Å². The summed E-state index contributed by atoms with van der Waals surface area (Å²) in [6.45, 7) is -0.619. The van der Waals surface area contributed by atoms with Crippen LogP contribution in [0.4, 0.5) is 0 Å². The predicted octanol–water partition coefficient (Wildman–Crippen LogP) is 4.65. The average Bonchev–Trinajstić information content (AvgIpc) is 2.87. The Bertz CT molecular complexity index is 1330. The number of likely N-dealkylation sites (N-methyl/N-ethyl adjacent to an activating group) is 2. The number of benzene rings is 3. The number of rotatable bonds is 10. The first kappa shape index (κ1) is 28.9. The minimum atomic E-state index is -4.01. The molecule has 37 heavy (non-hydrogen) atoms. The Morgan fingerprint density at radius 2 is 1.49 bits per heavy atom. The summed E-state index contributed by atoms with van der Waals surface area (Å²) in [5.41, 5.74) is 1.27. The van der Waals surface area contributed by atoms with E-state index in [0.29, 0.717) is 20.6 Å². The van der Waals surface area contributed by atoms with Crippen molar-refractivity contribution in [3.8, 4) is 0 Å². The van der Waals surface area contributed by atoms with Crippen molar-refractivity contribution < 1.29 is 18.0 Å². The van der Waals surface area contributed by atoms with Crippen molar-refractivity contribution in [3.63, 3.8) is 0 Å². The van der Waals surface area contributed by atoms with Gasteiger partial charge in [0.05, 0.1) is 11.4 Å². The van der Waals surface area contributed by atoms with E-state index in [2.05, 4.69) is 5.32 Å². The van der Waals surface area contributed by atoms with Crippen LogP contribution in [0.15, 0.2) is 77.7 Å². The summed E-state index contributed by atoms with van der Waals surface area (Å²) in [5.74, 6) is -1.01. The van der Waals surface area contributed by atoms with Gasteiger partial charge < -0.3 is 10.2 Å². The smallest absolute Gasteiger partial charge is 0.243 e. The van der Waals surface area contributed by atoms with Gasteiger partial charge in [-0.25, -0.2) is 8.42 Å². The molecule has 0 saturated heterocycles. The van der Waals surface area contributed by atoms with Crippen LogP contribution in [0.25, 0.3) is 0 Å². The second-order valence-corrected chi connectivity index (χ2v) is 11.6. The lowest BCUT2D eigenvalue weighted by atomic mass is 10.0. The third kappa shape index (κ3) is 7.24. The molecule has 0 aromatic heterocycles. The topological polar surface area (TPSA) is 86.8 Å². The lowest BCUT2D eigenvalue weighted by molar-refractivity contribution is -0.141. The van der Waals surface area contributed by atoms with E-state index in [0.717, 1.165) is 9.87 Å². The maximum Gasteiger partial charge on any atom is 0.243 e. The number of sulfonamides is 1. The van der Waals surface area contributed by atoms with Gasteiger partial charge in [0.25, 0.3) is 0 Å². The fraction of sp³-hybridized carbons (Fsp3) is 0.231. The molecule has 0 radical (unpaired) electrons. The molecule has 3 aromatic carbocycles. The van der Waals surface area contributed by atoms with E-state index < -0.39 is 34.4 Å². The maximum atomic E-state index is 13.7. The maximum absolute atomic E-state index is 13.7. The molecule has 1 atom stereocenters. The van der Waals surface area contributed by atoms with E-state index in [-0.39, 0.29) is 17.9 Å². The fourth-order valence-electron chi connectivity index (χ4n) is 3.73. The minimum absolute atomic E-state index is 0.0139. The second-order valence-electron chi connectivity index (χ2n) is 8.26. The van der Waals surface area contributed by atoms with Crippen molar-refractivity contribution in [1.29, 1.82) is 0 Å². The Hall–Kier alpha value is -2.62. The number of carbonyl (C=O) groups excluding carboxylic acids is 2. The van der Waals surface area contributed by atoms with Crippen molar-refractivity contribution in [2.75, 3.05) is 20.6 Å². The standard InChI is InChI=1S/C26H26Cl3N3O4S/c1-30-26(34)24(15-18-7-4-3-5-8-18)32(16-21-22(28)9-6-10-23(21)29)25(33)17-31(2)37(35,36)20-13-11-19(27)12-14-20/h3-14,24H,15-17H2,1-2H3,(H,30,34).